The fraction of sp³-hybridized carbons (Fsp3) is 0.923. The van der Waals surface area contributed by atoms with Crippen LogP contribution in [-0.2, 0) is 4.79 Å². The molecule has 0 bridgehead atoms. The van der Waals surface area contributed by atoms with Crippen molar-refractivity contribution in [3.05, 3.63) is 0 Å². The minimum Gasteiger partial charge on any atom is -0.340 e. The molecule has 1 saturated carbocycles. The van der Waals surface area contributed by atoms with E-state index >= 15 is 0 Å². The van der Waals surface area contributed by atoms with Crippen LogP contribution >= 0.6 is 0 Å². The Bertz CT molecular complexity index is 225. The van der Waals surface area contributed by atoms with Crippen molar-refractivity contribution >= 4 is 5.91 Å². The van der Waals surface area contributed by atoms with Crippen LogP contribution in [0.1, 0.15) is 32.1 Å². The molecule has 4 heteroatoms. The average Bonchev–Trinajstić information content (AvgIpc) is 2.34. The molecule has 0 atom stereocenters. The molecule has 0 spiro atoms. The fourth-order valence-electron chi connectivity index (χ4n) is 2.45. The molecule has 1 aliphatic carbocycles. The highest BCUT2D eigenvalue weighted by Gasteiger charge is 2.19. The maximum atomic E-state index is 11.8. The monoisotopic (exact) mass is 241 g/mol. The Morgan fingerprint density at radius 3 is 2.35 bits per heavy atom. The molecular weight excluding hydrogens is 214 g/mol. The topological polar surface area (TPSA) is 49.6 Å². The molecule has 0 aliphatic heterocycles. The number of nitrogens with zero attached hydrogens (tertiary/aromatic N) is 2. The van der Waals surface area contributed by atoms with Gasteiger partial charge in [-0.25, -0.2) is 0 Å². The third-order valence-corrected chi connectivity index (χ3v) is 3.55. The Labute approximate surface area is 105 Å². The summed E-state index contributed by atoms with van der Waals surface area (Å²) in [5, 5.41) is 0. The van der Waals surface area contributed by atoms with Gasteiger partial charge in [-0.15, -0.1) is 0 Å². The van der Waals surface area contributed by atoms with Gasteiger partial charge in [-0.3, -0.25) is 4.79 Å². The second-order valence-corrected chi connectivity index (χ2v) is 5.35. The van der Waals surface area contributed by atoms with E-state index in [2.05, 4.69) is 4.90 Å². The van der Waals surface area contributed by atoms with Crippen molar-refractivity contribution in [1.82, 2.24) is 9.80 Å². The largest absolute Gasteiger partial charge is 0.340 e. The summed E-state index contributed by atoms with van der Waals surface area (Å²) in [5.41, 5.74) is 5.48. The first-order chi connectivity index (χ1) is 8.13. The standard InChI is InChI=1S/C13H27N3O/c1-15(2)8-9-16(13(17)10-14)11-12-6-4-3-5-7-12/h12H,3-11,14H2,1-2H3. The molecule has 1 aliphatic rings. The lowest BCUT2D eigenvalue weighted by Gasteiger charge is -2.30. The van der Waals surface area contributed by atoms with Gasteiger partial charge in [0.05, 0.1) is 6.54 Å². The van der Waals surface area contributed by atoms with Crippen LogP contribution in [0.5, 0.6) is 0 Å². The molecule has 0 radical (unpaired) electrons. The Morgan fingerprint density at radius 1 is 1.18 bits per heavy atom. The number of carbonyl (C=O) groups is 1. The Balaban J connectivity index is 2.41. The lowest BCUT2D eigenvalue weighted by molar-refractivity contribution is -0.130. The van der Waals surface area contributed by atoms with E-state index in [1.54, 1.807) is 0 Å². The normalized spacial score (nSPS) is 17.4. The summed E-state index contributed by atoms with van der Waals surface area (Å²) in [5.74, 6) is 0.791. The number of amides is 1. The quantitative estimate of drug-likeness (QED) is 0.752. The van der Waals surface area contributed by atoms with Crippen molar-refractivity contribution in [2.24, 2.45) is 11.7 Å². The smallest absolute Gasteiger partial charge is 0.236 e. The van der Waals surface area contributed by atoms with Gasteiger partial charge in [-0.05, 0) is 32.9 Å². The number of rotatable bonds is 6. The van der Waals surface area contributed by atoms with E-state index in [-0.39, 0.29) is 12.5 Å². The van der Waals surface area contributed by atoms with Crippen LogP contribution in [0.25, 0.3) is 0 Å². The molecule has 0 aromatic rings. The number of carbonyl (C=O) groups excluding carboxylic acids is 1. The predicted octanol–water partition coefficient (Wildman–Crippen LogP) is 0.916. The minimum atomic E-state index is 0.0948. The van der Waals surface area contributed by atoms with Crippen molar-refractivity contribution < 1.29 is 4.79 Å². The first kappa shape index (κ1) is 14.5. The SMILES string of the molecule is CN(C)CCN(CC1CCCCC1)C(=O)CN. The molecule has 0 heterocycles. The molecule has 100 valence electrons. The summed E-state index contributed by atoms with van der Waals surface area (Å²) in [7, 11) is 4.07. The van der Waals surface area contributed by atoms with Crippen molar-refractivity contribution in [2.45, 2.75) is 32.1 Å². The van der Waals surface area contributed by atoms with Gasteiger partial charge in [0.1, 0.15) is 0 Å². The van der Waals surface area contributed by atoms with Gasteiger partial charge in [0.25, 0.3) is 0 Å². The van der Waals surface area contributed by atoms with Gasteiger partial charge >= 0.3 is 0 Å². The fourth-order valence-corrected chi connectivity index (χ4v) is 2.45. The molecule has 1 rings (SSSR count). The lowest BCUT2D eigenvalue weighted by Crippen LogP contribution is -2.43. The first-order valence-electron chi connectivity index (χ1n) is 6.76. The van der Waals surface area contributed by atoms with Crippen molar-refractivity contribution in [1.29, 1.82) is 0 Å². The average molecular weight is 241 g/mol. The maximum absolute atomic E-state index is 11.8. The zero-order valence-corrected chi connectivity index (χ0v) is 11.3. The maximum Gasteiger partial charge on any atom is 0.236 e. The highest BCUT2D eigenvalue weighted by Crippen LogP contribution is 2.24. The van der Waals surface area contributed by atoms with E-state index in [1.807, 2.05) is 19.0 Å². The minimum absolute atomic E-state index is 0.0948. The molecule has 2 N–H and O–H groups in total. The van der Waals surface area contributed by atoms with E-state index in [4.69, 9.17) is 5.73 Å². The Morgan fingerprint density at radius 2 is 1.82 bits per heavy atom. The third-order valence-electron chi connectivity index (χ3n) is 3.55. The molecular formula is C13H27N3O. The van der Waals surface area contributed by atoms with Crippen LogP contribution in [0, 0.1) is 5.92 Å². The Kier molecular flexibility index (Phi) is 6.52. The molecule has 0 aromatic carbocycles. The zero-order valence-electron chi connectivity index (χ0n) is 11.3. The second kappa shape index (κ2) is 7.67. The van der Waals surface area contributed by atoms with Gasteiger partial charge in [-0.2, -0.15) is 0 Å². The molecule has 1 fully saturated rings. The van der Waals surface area contributed by atoms with Crippen LogP contribution in [0.2, 0.25) is 0 Å². The van der Waals surface area contributed by atoms with E-state index in [1.165, 1.54) is 32.1 Å². The third kappa shape index (κ3) is 5.50. The van der Waals surface area contributed by atoms with E-state index in [0.717, 1.165) is 19.6 Å². The molecule has 1 amide bonds. The summed E-state index contributed by atoms with van der Waals surface area (Å²) in [6.45, 7) is 2.77. The number of likely N-dealkylation sites (N-methyl/N-ethyl adjacent to an activating group) is 1. The van der Waals surface area contributed by atoms with Crippen LogP contribution in [0.15, 0.2) is 0 Å². The number of hydrogen-bond donors (Lipinski definition) is 1. The van der Waals surface area contributed by atoms with Crippen LogP contribution in [-0.4, -0.2) is 56.0 Å². The molecule has 17 heavy (non-hydrogen) atoms. The van der Waals surface area contributed by atoms with Crippen molar-refractivity contribution in [3.8, 4) is 0 Å². The summed E-state index contributed by atoms with van der Waals surface area (Å²) in [6, 6.07) is 0. The summed E-state index contributed by atoms with van der Waals surface area (Å²) < 4.78 is 0. The lowest BCUT2D eigenvalue weighted by atomic mass is 9.89. The van der Waals surface area contributed by atoms with E-state index in [9.17, 15) is 4.79 Å². The molecule has 0 aromatic heterocycles. The highest BCUT2D eigenvalue weighted by molar-refractivity contribution is 5.78. The summed E-state index contributed by atoms with van der Waals surface area (Å²) in [4.78, 5) is 15.8. The number of nitrogens with two attached hydrogens (primary N) is 1. The summed E-state index contributed by atoms with van der Waals surface area (Å²) in [6.07, 6.45) is 6.55. The van der Waals surface area contributed by atoms with Crippen molar-refractivity contribution in [3.63, 3.8) is 0 Å². The van der Waals surface area contributed by atoms with Gasteiger partial charge in [0, 0.05) is 19.6 Å². The Hall–Kier alpha value is -0.610. The van der Waals surface area contributed by atoms with E-state index in [0.29, 0.717) is 5.92 Å². The molecule has 4 nitrogen and oxygen atoms in total. The molecule has 0 unspecified atom stereocenters. The van der Waals surface area contributed by atoms with Crippen LogP contribution < -0.4 is 5.73 Å². The zero-order chi connectivity index (χ0) is 12.7. The van der Waals surface area contributed by atoms with Gasteiger partial charge in [-0.1, -0.05) is 19.3 Å². The summed E-state index contributed by atoms with van der Waals surface area (Å²) >= 11 is 0. The predicted molar refractivity (Wildman–Crippen MR) is 70.8 cm³/mol. The highest BCUT2D eigenvalue weighted by atomic mass is 16.2. The molecule has 0 saturated heterocycles. The van der Waals surface area contributed by atoms with Crippen molar-refractivity contribution in [2.75, 3.05) is 40.3 Å². The van der Waals surface area contributed by atoms with Gasteiger partial charge < -0.3 is 15.5 Å². The number of hydrogen-bond acceptors (Lipinski definition) is 3. The van der Waals surface area contributed by atoms with Crippen LogP contribution in [0.3, 0.4) is 0 Å². The first-order valence-corrected chi connectivity index (χ1v) is 6.76. The van der Waals surface area contributed by atoms with Gasteiger partial charge in [0.2, 0.25) is 5.91 Å². The van der Waals surface area contributed by atoms with Gasteiger partial charge in [0.15, 0.2) is 0 Å². The van der Waals surface area contributed by atoms with Crippen LogP contribution in [0.4, 0.5) is 0 Å². The van der Waals surface area contributed by atoms with E-state index < -0.39 is 0 Å². The second-order valence-electron chi connectivity index (χ2n) is 5.35.